The van der Waals surface area contributed by atoms with Gasteiger partial charge in [0.15, 0.2) is 11.3 Å². The summed E-state index contributed by atoms with van der Waals surface area (Å²) in [4.78, 5) is 22.4. The van der Waals surface area contributed by atoms with Crippen LogP contribution in [-0.2, 0) is 16.8 Å². The van der Waals surface area contributed by atoms with Gasteiger partial charge in [0.1, 0.15) is 0 Å². The van der Waals surface area contributed by atoms with E-state index in [1.165, 1.54) is 6.92 Å². The van der Waals surface area contributed by atoms with Crippen molar-refractivity contribution in [2.45, 2.75) is 18.9 Å². The Labute approximate surface area is 118 Å². The lowest BCUT2D eigenvalue weighted by Gasteiger charge is -2.18. The Morgan fingerprint density at radius 2 is 2.19 bits per heavy atom. The van der Waals surface area contributed by atoms with Gasteiger partial charge < -0.3 is 14.9 Å². The van der Waals surface area contributed by atoms with Crippen molar-refractivity contribution in [3.8, 4) is 0 Å². The van der Waals surface area contributed by atoms with E-state index in [-0.39, 0.29) is 23.6 Å². The molecule has 0 bridgehead atoms. The third kappa shape index (κ3) is 1.88. The minimum absolute atomic E-state index is 0.102. The SMILES string of the molecule is Cc1noc(C[C@@]2(O)C(=O)Nc3ccccc32)c1[N+](=O)[O-]. The number of benzene rings is 1. The van der Waals surface area contributed by atoms with Crippen molar-refractivity contribution >= 4 is 17.3 Å². The van der Waals surface area contributed by atoms with Crippen LogP contribution in [-0.4, -0.2) is 21.1 Å². The minimum atomic E-state index is -1.91. The molecule has 1 aliphatic heterocycles. The van der Waals surface area contributed by atoms with Gasteiger partial charge in [0.05, 0.1) is 11.3 Å². The van der Waals surface area contributed by atoms with Crippen molar-refractivity contribution < 1.29 is 19.3 Å². The minimum Gasteiger partial charge on any atom is -0.375 e. The Kier molecular flexibility index (Phi) is 2.77. The second kappa shape index (κ2) is 4.38. The van der Waals surface area contributed by atoms with Crippen LogP contribution in [0.15, 0.2) is 28.8 Å². The molecule has 8 nitrogen and oxygen atoms in total. The largest absolute Gasteiger partial charge is 0.375 e. The highest BCUT2D eigenvalue weighted by Gasteiger charge is 2.47. The summed E-state index contributed by atoms with van der Waals surface area (Å²) in [5.41, 5.74) is -1.29. The fraction of sp³-hybridized carbons (Fsp3) is 0.231. The number of nitrogens with zero attached hydrogens (tertiary/aromatic N) is 2. The van der Waals surface area contributed by atoms with E-state index in [1.807, 2.05) is 0 Å². The Bertz CT molecular complexity index is 754. The number of carbonyl (C=O) groups is 1. The Morgan fingerprint density at radius 3 is 2.90 bits per heavy atom. The van der Waals surface area contributed by atoms with Gasteiger partial charge in [-0.2, -0.15) is 0 Å². The van der Waals surface area contributed by atoms with Crippen molar-refractivity contribution in [1.29, 1.82) is 0 Å². The first-order valence-electron chi connectivity index (χ1n) is 6.16. The van der Waals surface area contributed by atoms with Crippen LogP contribution in [0.25, 0.3) is 0 Å². The Morgan fingerprint density at radius 1 is 1.48 bits per heavy atom. The highest BCUT2D eigenvalue weighted by Crippen LogP contribution is 2.39. The molecule has 108 valence electrons. The van der Waals surface area contributed by atoms with Gasteiger partial charge in [-0.05, 0) is 13.0 Å². The zero-order chi connectivity index (χ0) is 15.2. The van der Waals surface area contributed by atoms with Gasteiger partial charge in [-0.15, -0.1) is 0 Å². The number of aliphatic hydroxyl groups is 1. The quantitative estimate of drug-likeness (QED) is 0.648. The number of aromatic nitrogens is 1. The molecule has 0 unspecified atom stereocenters. The number of amides is 1. The monoisotopic (exact) mass is 289 g/mol. The Balaban J connectivity index is 2.06. The van der Waals surface area contributed by atoms with Gasteiger partial charge in [-0.25, -0.2) is 0 Å². The number of para-hydroxylation sites is 1. The van der Waals surface area contributed by atoms with Crippen LogP contribution in [0.4, 0.5) is 11.4 Å². The molecule has 1 aromatic heterocycles. The van der Waals surface area contributed by atoms with E-state index in [1.54, 1.807) is 24.3 Å². The van der Waals surface area contributed by atoms with Gasteiger partial charge in [0.2, 0.25) is 5.76 Å². The normalized spacial score (nSPS) is 20.2. The maximum Gasteiger partial charge on any atom is 0.334 e. The summed E-state index contributed by atoms with van der Waals surface area (Å²) in [5, 5.41) is 27.8. The predicted octanol–water partition coefficient (Wildman–Crippen LogP) is 1.27. The molecule has 0 aliphatic carbocycles. The van der Waals surface area contributed by atoms with E-state index in [0.29, 0.717) is 11.3 Å². The summed E-state index contributed by atoms with van der Waals surface area (Å²) in [5.74, 6) is -0.779. The van der Waals surface area contributed by atoms with E-state index >= 15 is 0 Å². The van der Waals surface area contributed by atoms with Crippen molar-refractivity contribution in [2.75, 3.05) is 5.32 Å². The van der Waals surface area contributed by atoms with Crippen LogP contribution in [0.2, 0.25) is 0 Å². The molecule has 1 atom stereocenters. The molecule has 0 saturated carbocycles. The van der Waals surface area contributed by atoms with E-state index in [4.69, 9.17) is 4.52 Å². The molecular weight excluding hydrogens is 278 g/mol. The summed E-state index contributed by atoms with van der Waals surface area (Å²) >= 11 is 0. The first-order chi connectivity index (χ1) is 9.93. The third-order valence-corrected chi connectivity index (χ3v) is 3.50. The molecule has 2 N–H and O–H groups in total. The highest BCUT2D eigenvalue weighted by atomic mass is 16.6. The van der Waals surface area contributed by atoms with Crippen molar-refractivity contribution in [3.05, 3.63) is 51.4 Å². The van der Waals surface area contributed by atoms with Crippen molar-refractivity contribution in [2.24, 2.45) is 0 Å². The molecule has 0 spiro atoms. The first kappa shape index (κ1) is 13.3. The van der Waals surface area contributed by atoms with Crippen LogP contribution in [0, 0.1) is 17.0 Å². The zero-order valence-corrected chi connectivity index (χ0v) is 11.0. The van der Waals surface area contributed by atoms with E-state index < -0.39 is 16.4 Å². The summed E-state index contributed by atoms with van der Waals surface area (Å²) < 4.78 is 4.92. The molecule has 3 rings (SSSR count). The molecule has 0 fully saturated rings. The smallest absolute Gasteiger partial charge is 0.334 e. The lowest BCUT2D eigenvalue weighted by Crippen LogP contribution is -2.36. The zero-order valence-electron chi connectivity index (χ0n) is 11.0. The van der Waals surface area contributed by atoms with Crippen LogP contribution < -0.4 is 5.32 Å². The maximum atomic E-state index is 12.1. The number of anilines is 1. The van der Waals surface area contributed by atoms with Crippen LogP contribution in [0.5, 0.6) is 0 Å². The number of hydrogen-bond donors (Lipinski definition) is 2. The number of hydrogen-bond acceptors (Lipinski definition) is 6. The van der Waals surface area contributed by atoms with Gasteiger partial charge in [-0.1, -0.05) is 23.4 Å². The summed E-state index contributed by atoms with van der Waals surface area (Å²) in [7, 11) is 0. The van der Waals surface area contributed by atoms with Gasteiger partial charge in [-0.3, -0.25) is 14.9 Å². The number of nitrogens with one attached hydrogen (secondary N) is 1. The molecule has 8 heteroatoms. The van der Waals surface area contributed by atoms with E-state index in [0.717, 1.165) is 0 Å². The average Bonchev–Trinajstić information content (AvgIpc) is 2.90. The van der Waals surface area contributed by atoms with Gasteiger partial charge >= 0.3 is 5.69 Å². The third-order valence-electron chi connectivity index (χ3n) is 3.50. The molecular formula is C13H11N3O5. The molecule has 21 heavy (non-hydrogen) atoms. The van der Waals surface area contributed by atoms with Crippen molar-refractivity contribution in [3.63, 3.8) is 0 Å². The average molecular weight is 289 g/mol. The van der Waals surface area contributed by atoms with Crippen LogP contribution >= 0.6 is 0 Å². The van der Waals surface area contributed by atoms with Crippen LogP contribution in [0.3, 0.4) is 0 Å². The Hall–Kier alpha value is -2.74. The second-order valence-electron chi connectivity index (χ2n) is 4.83. The molecule has 1 aliphatic rings. The number of aryl methyl sites for hydroxylation is 1. The standard InChI is InChI=1S/C13H11N3O5/c1-7-11(16(19)20)10(21-15-7)6-13(18)8-4-2-3-5-9(8)14-12(13)17/h2-5,18H,6H2,1H3,(H,14,17)/t13-/m0/s1. The maximum absolute atomic E-state index is 12.1. The first-order valence-corrected chi connectivity index (χ1v) is 6.16. The molecule has 2 heterocycles. The number of carbonyl (C=O) groups excluding carboxylic acids is 1. The summed E-state index contributed by atoms with van der Waals surface area (Å²) in [6, 6.07) is 6.61. The van der Waals surface area contributed by atoms with Gasteiger partial charge in [0, 0.05) is 11.3 Å². The second-order valence-corrected chi connectivity index (χ2v) is 4.83. The molecule has 1 amide bonds. The molecule has 2 aromatic rings. The highest BCUT2D eigenvalue weighted by molar-refractivity contribution is 6.05. The lowest BCUT2D eigenvalue weighted by atomic mass is 9.90. The molecule has 0 saturated heterocycles. The predicted molar refractivity (Wildman–Crippen MR) is 70.6 cm³/mol. The van der Waals surface area contributed by atoms with Crippen LogP contribution in [0.1, 0.15) is 17.0 Å². The number of rotatable bonds is 3. The molecule has 1 aromatic carbocycles. The summed E-state index contributed by atoms with van der Waals surface area (Å²) in [6.07, 6.45) is -0.354. The molecule has 0 radical (unpaired) electrons. The van der Waals surface area contributed by atoms with E-state index in [9.17, 15) is 20.0 Å². The van der Waals surface area contributed by atoms with Gasteiger partial charge in [0.25, 0.3) is 5.91 Å². The summed E-state index contributed by atoms with van der Waals surface area (Å²) in [6.45, 7) is 1.43. The fourth-order valence-electron chi connectivity index (χ4n) is 2.47. The number of fused-ring (bicyclic) bond motifs is 1. The topological polar surface area (TPSA) is 118 Å². The fourth-order valence-corrected chi connectivity index (χ4v) is 2.47. The van der Waals surface area contributed by atoms with E-state index in [2.05, 4.69) is 10.5 Å². The lowest BCUT2D eigenvalue weighted by molar-refractivity contribution is -0.386. The van der Waals surface area contributed by atoms with Crippen molar-refractivity contribution in [1.82, 2.24) is 5.16 Å². The number of nitro groups is 1.